The van der Waals surface area contributed by atoms with Crippen LogP contribution < -0.4 is 10.1 Å². The first kappa shape index (κ1) is 14.6. The minimum Gasteiger partial charge on any atom is -0.466 e. The van der Waals surface area contributed by atoms with Gasteiger partial charge in [-0.05, 0) is 26.2 Å². The predicted octanol–water partition coefficient (Wildman–Crippen LogP) is 2.11. The van der Waals surface area contributed by atoms with E-state index in [2.05, 4.69) is 39.4 Å². The highest BCUT2D eigenvalue weighted by Crippen LogP contribution is 2.42. The van der Waals surface area contributed by atoms with Gasteiger partial charge in [0.15, 0.2) is 0 Å². The largest absolute Gasteiger partial charge is 0.466 e. The Labute approximate surface area is 128 Å². The maximum absolute atomic E-state index is 12.5. The van der Waals surface area contributed by atoms with Crippen molar-refractivity contribution in [1.29, 1.82) is 0 Å². The molecule has 1 aliphatic rings. The number of hydrogen-bond acceptors (Lipinski definition) is 5. The van der Waals surface area contributed by atoms with E-state index < -0.39 is 0 Å². The van der Waals surface area contributed by atoms with E-state index in [0.717, 1.165) is 25.0 Å². The van der Waals surface area contributed by atoms with Gasteiger partial charge in [0.2, 0.25) is 5.95 Å². The van der Waals surface area contributed by atoms with Crippen LogP contribution in [-0.2, 0) is 0 Å². The molecule has 2 N–H and O–H groups in total. The molecule has 8 heteroatoms. The average molecular weight is 304 g/mol. The van der Waals surface area contributed by atoms with Crippen LogP contribution in [0.5, 0.6) is 6.01 Å². The molecule has 0 aromatic carbocycles. The van der Waals surface area contributed by atoms with E-state index in [1.807, 2.05) is 4.68 Å². The molecule has 1 fully saturated rings. The predicted molar refractivity (Wildman–Crippen MR) is 80.1 cm³/mol. The van der Waals surface area contributed by atoms with Gasteiger partial charge >= 0.3 is 6.01 Å². The number of aromatic nitrogens is 5. The molecule has 0 radical (unpaired) electrons. The number of H-pyrrole nitrogens is 1. The van der Waals surface area contributed by atoms with Gasteiger partial charge in [0, 0.05) is 12.0 Å². The third kappa shape index (κ3) is 2.68. The van der Waals surface area contributed by atoms with Crippen LogP contribution in [0.25, 0.3) is 0 Å². The lowest BCUT2D eigenvalue weighted by Gasteiger charge is -2.14. The van der Waals surface area contributed by atoms with Crippen molar-refractivity contribution in [2.75, 3.05) is 12.4 Å². The third-order valence-corrected chi connectivity index (χ3v) is 3.93. The topological polar surface area (TPSA) is 97.7 Å². The Kier molecular flexibility index (Phi) is 3.82. The van der Waals surface area contributed by atoms with E-state index >= 15 is 0 Å². The monoisotopic (exact) mass is 304 g/mol. The number of rotatable bonds is 6. The van der Waals surface area contributed by atoms with Crippen molar-refractivity contribution in [1.82, 2.24) is 25.0 Å². The maximum atomic E-state index is 12.5. The normalized spacial score (nSPS) is 15.6. The lowest BCUT2D eigenvalue weighted by Crippen LogP contribution is -2.16. The number of nitrogens with zero attached hydrogens (tertiary/aromatic N) is 4. The highest BCUT2D eigenvalue weighted by atomic mass is 16.5. The molecule has 3 rings (SSSR count). The van der Waals surface area contributed by atoms with Gasteiger partial charge in [-0.1, -0.05) is 6.92 Å². The van der Waals surface area contributed by atoms with Gasteiger partial charge in [0.25, 0.3) is 5.91 Å². The van der Waals surface area contributed by atoms with E-state index in [1.165, 1.54) is 7.11 Å². The highest BCUT2D eigenvalue weighted by Gasteiger charge is 2.33. The number of hydrogen-bond donors (Lipinski definition) is 2. The van der Waals surface area contributed by atoms with Gasteiger partial charge in [-0.3, -0.25) is 14.8 Å². The van der Waals surface area contributed by atoms with Crippen molar-refractivity contribution in [2.45, 2.75) is 45.1 Å². The van der Waals surface area contributed by atoms with Crippen molar-refractivity contribution in [3.05, 3.63) is 17.5 Å². The molecule has 0 bridgehead atoms. The number of aromatic amines is 1. The molecule has 2 heterocycles. The van der Waals surface area contributed by atoms with Gasteiger partial charge in [-0.15, -0.1) is 5.10 Å². The summed E-state index contributed by atoms with van der Waals surface area (Å²) in [6, 6.07) is 0.468. The van der Waals surface area contributed by atoms with Crippen LogP contribution in [0.1, 0.15) is 61.1 Å². The molecular weight excluding hydrogens is 284 g/mol. The molecule has 0 spiro atoms. The summed E-state index contributed by atoms with van der Waals surface area (Å²) < 4.78 is 6.86. The van der Waals surface area contributed by atoms with Crippen molar-refractivity contribution >= 4 is 11.9 Å². The lowest BCUT2D eigenvalue weighted by molar-refractivity contribution is 0.102. The molecule has 1 aliphatic carbocycles. The smallest absolute Gasteiger partial charge is 0.336 e. The fourth-order valence-electron chi connectivity index (χ4n) is 2.40. The molecule has 1 atom stereocenters. The summed E-state index contributed by atoms with van der Waals surface area (Å²) in [7, 11) is 1.47. The Morgan fingerprint density at radius 1 is 1.59 bits per heavy atom. The van der Waals surface area contributed by atoms with Crippen molar-refractivity contribution in [3.8, 4) is 6.01 Å². The van der Waals surface area contributed by atoms with Crippen LogP contribution in [0.2, 0.25) is 0 Å². The summed E-state index contributed by atoms with van der Waals surface area (Å²) in [5, 5.41) is 13.5. The molecule has 2 aromatic heterocycles. The van der Waals surface area contributed by atoms with Gasteiger partial charge in [0.1, 0.15) is 0 Å². The zero-order valence-electron chi connectivity index (χ0n) is 13.0. The lowest BCUT2D eigenvalue weighted by atomic mass is 10.1. The number of anilines is 1. The number of amides is 1. The summed E-state index contributed by atoms with van der Waals surface area (Å²) >= 11 is 0. The fraction of sp³-hybridized carbons (Fsp3) is 0.571. The Hall–Kier alpha value is -2.38. The molecular formula is C14H20N6O2. The Morgan fingerprint density at radius 3 is 2.95 bits per heavy atom. The molecule has 0 unspecified atom stereocenters. The minimum atomic E-state index is -0.227. The molecule has 2 aromatic rings. The summed E-state index contributed by atoms with van der Waals surface area (Å²) in [6.45, 7) is 4.23. The van der Waals surface area contributed by atoms with Gasteiger partial charge in [-0.2, -0.15) is 10.1 Å². The van der Waals surface area contributed by atoms with E-state index in [4.69, 9.17) is 4.74 Å². The zero-order valence-corrected chi connectivity index (χ0v) is 13.0. The van der Waals surface area contributed by atoms with E-state index in [0.29, 0.717) is 11.5 Å². The van der Waals surface area contributed by atoms with Crippen LogP contribution in [0.3, 0.4) is 0 Å². The minimum absolute atomic E-state index is 0.188. The molecule has 1 saturated carbocycles. The SMILES string of the molecule is CC[C@H](C)n1ncc(C(=O)Nc2nc(OC)n[nH]2)c1C1CC1. The number of nitrogens with one attached hydrogen (secondary N) is 2. The second-order valence-corrected chi connectivity index (χ2v) is 5.54. The molecule has 0 aliphatic heterocycles. The molecule has 22 heavy (non-hydrogen) atoms. The summed E-state index contributed by atoms with van der Waals surface area (Å²) in [4.78, 5) is 16.5. The fourth-order valence-corrected chi connectivity index (χ4v) is 2.40. The second kappa shape index (κ2) is 5.78. The van der Waals surface area contributed by atoms with Crippen molar-refractivity contribution in [2.24, 2.45) is 0 Å². The van der Waals surface area contributed by atoms with Crippen LogP contribution in [0.15, 0.2) is 6.20 Å². The summed E-state index contributed by atoms with van der Waals surface area (Å²) in [5.74, 6) is 0.469. The number of carbonyl (C=O) groups is 1. The molecule has 118 valence electrons. The van der Waals surface area contributed by atoms with Crippen LogP contribution in [-0.4, -0.2) is 38.0 Å². The zero-order chi connectivity index (χ0) is 15.7. The average Bonchev–Trinajstić information content (AvgIpc) is 3.10. The van der Waals surface area contributed by atoms with Crippen LogP contribution >= 0.6 is 0 Å². The number of methoxy groups -OCH3 is 1. The van der Waals surface area contributed by atoms with Crippen LogP contribution in [0.4, 0.5) is 5.95 Å². The van der Waals surface area contributed by atoms with Crippen LogP contribution in [0, 0.1) is 0 Å². The highest BCUT2D eigenvalue weighted by molar-refractivity contribution is 6.04. The molecule has 8 nitrogen and oxygen atoms in total. The van der Waals surface area contributed by atoms with E-state index in [9.17, 15) is 4.79 Å². The van der Waals surface area contributed by atoms with Gasteiger partial charge < -0.3 is 4.74 Å². The molecule has 0 saturated heterocycles. The molecule has 1 amide bonds. The first-order valence-corrected chi connectivity index (χ1v) is 7.49. The summed E-state index contributed by atoms with van der Waals surface area (Å²) in [5.41, 5.74) is 1.64. The second-order valence-electron chi connectivity index (χ2n) is 5.54. The number of carbonyl (C=O) groups excluding carboxylic acids is 1. The first-order valence-electron chi connectivity index (χ1n) is 7.49. The maximum Gasteiger partial charge on any atom is 0.336 e. The standard InChI is InChI=1S/C14H20N6O2/c1-4-8(2)20-11(9-5-6-9)10(7-15-20)12(21)16-13-17-14(22-3)19-18-13/h7-9H,4-6H2,1-3H3,(H2,16,17,18,19,21)/t8-/m0/s1. The Morgan fingerprint density at radius 2 is 2.36 bits per heavy atom. The van der Waals surface area contributed by atoms with E-state index in [1.54, 1.807) is 6.20 Å². The Bertz CT molecular complexity index is 673. The summed E-state index contributed by atoms with van der Waals surface area (Å²) in [6.07, 6.45) is 4.83. The van der Waals surface area contributed by atoms with Gasteiger partial charge in [-0.25, -0.2) is 5.10 Å². The quantitative estimate of drug-likeness (QED) is 0.851. The van der Waals surface area contributed by atoms with Crippen molar-refractivity contribution in [3.63, 3.8) is 0 Å². The van der Waals surface area contributed by atoms with Crippen molar-refractivity contribution < 1.29 is 9.53 Å². The first-order chi connectivity index (χ1) is 10.6. The number of ether oxygens (including phenoxy) is 1. The van der Waals surface area contributed by atoms with Gasteiger partial charge in [0.05, 0.1) is 24.6 Å². The Balaban J connectivity index is 1.84. The van der Waals surface area contributed by atoms with E-state index in [-0.39, 0.29) is 23.9 Å². The third-order valence-electron chi connectivity index (χ3n) is 3.93.